The zero-order valence-electron chi connectivity index (χ0n) is 4.79. The summed E-state index contributed by atoms with van der Waals surface area (Å²) >= 11 is 2.44. The number of hydrogen-bond acceptors (Lipinski definition) is 1. The van der Waals surface area contributed by atoms with Crippen molar-refractivity contribution in [3.05, 3.63) is 0 Å². The van der Waals surface area contributed by atoms with Gasteiger partial charge in [0.15, 0.2) is 0 Å². The van der Waals surface area contributed by atoms with E-state index in [2.05, 4.69) is 27.5 Å². The van der Waals surface area contributed by atoms with Gasteiger partial charge in [-0.1, -0.05) is 0 Å². The van der Waals surface area contributed by atoms with Crippen LogP contribution in [-0.2, 0) is 4.79 Å². The van der Waals surface area contributed by atoms with Gasteiger partial charge >= 0.3 is 74.6 Å². The monoisotopic (exact) mass is 339 g/mol. The number of rotatable bonds is 4. The molecule has 0 heterocycles. The maximum atomic E-state index is 10.7. The van der Waals surface area contributed by atoms with Gasteiger partial charge in [0, 0.05) is 0 Å². The number of halogens is 2. The number of ketones is 1. The van der Waals surface area contributed by atoms with Crippen molar-refractivity contribution >= 4 is 28.4 Å². The molecule has 50 valence electrons. The minimum absolute atomic E-state index is 0.202. The van der Waals surface area contributed by atoms with Crippen LogP contribution in [0.25, 0.3) is 0 Å². The molecule has 0 spiro atoms. The van der Waals surface area contributed by atoms with E-state index in [0.717, 1.165) is 15.3 Å². The fraction of sp³-hybridized carbons (Fsp3) is 0.800. The summed E-state index contributed by atoms with van der Waals surface area (Å²) in [5.41, 5.74) is 0. The molecular formula is C5H9I2O-. The van der Waals surface area contributed by atoms with E-state index in [4.69, 9.17) is 0 Å². The molecule has 0 N–H and O–H groups in total. The van der Waals surface area contributed by atoms with Crippen LogP contribution >= 0.6 is 22.6 Å². The average Bonchev–Trinajstić information content (AvgIpc) is 1.68. The molecule has 0 atom stereocenters. The van der Waals surface area contributed by atoms with Crippen molar-refractivity contribution in [2.45, 2.75) is 6.42 Å². The van der Waals surface area contributed by atoms with Crippen molar-refractivity contribution in [3.63, 3.8) is 0 Å². The Morgan fingerprint density at radius 1 is 1.75 bits per heavy atom. The zero-order chi connectivity index (χ0) is 6.41. The van der Waals surface area contributed by atoms with Gasteiger partial charge in [-0.3, -0.25) is 0 Å². The van der Waals surface area contributed by atoms with Crippen LogP contribution in [0.5, 0.6) is 0 Å². The first kappa shape index (κ1) is 9.13. The molecule has 8 heavy (non-hydrogen) atoms. The molecule has 0 saturated carbocycles. The molecule has 3 heteroatoms. The van der Waals surface area contributed by atoms with Crippen LogP contribution in [0, 0.1) is 0 Å². The molecule has 0 aliphatic carbocycles. The van der Waals surface area contributed by atoms with Gasteiger partial charge < -0.3 is 0 Å². The summed E-state index contributed by atoms with van der Waals surface area (Å²) in [5.74, 6) is 0.453. The molecule has 0 radical (unpaired) electrons. The number of alkyl halides is 3. The minimum atomic E-state index is 0.202. The van der Waals surface area contributed by atoms with Crippen LogP contribution in [0.3, 0.4) is 0 Å². The molecule has 0 aromatic heterocycles. The molecule has 0 unspecified atom stereocenters. The summed E-state index contributed by atoms with van der Waals surface area (Å²) in [6.07, 6.45) is 0.786. The van der Waals surface area contributed by atoms with Crippen molar-refractivity contribution in [2.75, 3.05) is 13.8 Å². The third kappa shape index (κ3) is 5.27. The Balaban J connectivity index is 3.06. The molecule has 0 aromatic carbocycles. The number of carbonyl (C=O) groups excluding carboxylic acids is 1. The van der Waals surface area contributed by atoms with Crippen LogP contribution in [0.4, 0.5) is 0 Å². The number of hydrogen-bond donors (Lipinski definition) is 0. The Hall–Kier alpha value is 1.13. The second kappa shape index (κ2) is 6.25. The second-order valence-electron chi connectivity index (χ2n) is 1.38. The molecule has 0 bridgehead atoms. The van der Waals surface area contributed by atoms with Crippen molar-refractivity contribution in [2.24, 2.45) is 0 Å². The summed E-state index contributed by atoms with van der Waals surface area (Å²) < 4.78 is 1.86. The molecular weight excluding hydrogens is 330 g/mol. The standard InChI is InChI=1S/C5H9I2O/c1-7-4-5(8)2-3-6/h2-4H2,1H3/q-1. The molecule has 0 rings (SSSR count). The third-order valence-electron chi connectivity index (χ3n) is 0.656. The van der Waals surface area contributed by atoms with Crippen molar-refractivity contribution < 1.29 is 26.0 Å². The molecule has 0 fully saturated rings. The van der Waals surface area contributed by atoms with Gasteiger partial charge in [-0.05, 0) is 0 Å². The van der Waals surface area contributed by atoms with Crippen LogP contribution < -0.4 is 21.2 Å². The fourth-order valence-corrected chi connectivity index (χ4v) is 2.16. The van der Waals surface area contributed by atoms with Gasteiger partial charge in [0.25, 0.3) is 0 Å². The van der Waals surface area contributed by atoms with E-state index in [0.29, 0.717) is 5.78 Å². The predicted octanol–water partition coefficient (Wildman–Crippen LogP) is -1.90. The second-order valence-corrected chi connectivity index (χ2v) is 4.75. The molecule has 0 aliphatic heterocycles. The Labute approximate surface area is 74.0 Å². The van der Waals surface area contributed by atoms with Crippen LogP contribution in [0.1, 0.15) is 6.42 Å². The Kier molecular flexibility index (Phi) is 7.14. The third-order valence-corrected chi connectivity index (χ3v) is 2.81. The molecule has 0 saturated heterocycles. The van der Waals surface area contributed by atoms with Crippen molar-refractivity contribution in [1.82, 2.24) is 0 Å². The SMILES string of the molecule is C[I-]CC(=O)CCI. The van der Waals surface area contributed by atoms with E-state index in [1.165, 1.54) is 0 Å². The molecule has 1 nitrogen and oxygen atoms in total. The van der Waals surface area contributed by atoms with Crippen LogP contribution in [0.15, 0.2) is 0 Å². The van der Waals surface area contributed by atoms with E-state index >= 15 is 0 Å². The van der Waals surface area contributed by atoms with E-state index in [1.54, 1.807) is 0 Å². The van der Waals surface area contributed by atoms with Crippen molar-refractivity contribution in [3.8, 4) is 0 Å². The predicted molar refractivity (Wildman–Crippen MR) is 39.3 cm³/mol. The fourth-order valence-electron chi connectivity index (χ4n) is 0.321. The summed E-state index contributed by atoms with van der Waals surface area (Å²) in [6, 6.07) is 0. The Morgan fingerprint density at radius 3 is 2.75 bits per heavy atom. The van der Waals surface area contributed by atoms with Gasteiger partial charge in [0.05, 0.1) is 0 Å². The first-order valence-corrected chi connectivity index (χ1v) is 7.53. The topological polar surface area (TPSA) is 17.1 Å². The van der Waals surface area contributed by atoms with Crippen LogP contribution in [-0.4, -0.2) is 19.6 Å². The van der Waals surface area contributed by atoms with Gasteiger partial charge in [0.1, 0.15) is 0 Å². The summed E-state index contributed by atoms with van der Waals surface area (Å²) in [7, 11) is 0. The van der Waals surface area contributed by atoms with Crippen LogP contribution in [0.2, 0.25) is 0 Å². The summed E-state index contributed by atoms with van der Waals surface area (Å²) in [6.45, 7) is 0. The Bertz CT molecular complexity index is 64.8. The molecule has 0 amide bonds. The Morgan fingerprint density at radius 2 is 2.38 bits per heavy atom. The van der Waals surface area contributed by atoms with Gasteiger partial charge in [-0.25, -0.2) is 0 Å². The van der Waals surface area contributed by atoms with E-state index in [-0.39, 0.29) is 21.2 Å². The van der Waals surface area contributed by atoms with E-state index < -0.39 is 0 Å². The van der Waals surface area contributed by atoms with Gasteiger partial charge in [-0.2, -0.15) is 0 Å². The average molecular weight is 339 g/mol. The summed E-state index contributed by atoms with van der Waals surface area (Å²) in [5, 5.41) is 0. The van der Waals surface area contributed by atoms with Gasteiger partial charge in [0.2, 0.25) is 0 Å². The zero-order valence-corrected chi connectivity index (χ0v) is 9.10. The van der Waals surface area contributed by atoms with Gasteiger partial charge in [-0.15, -0.1) is 0 Å². The first-order valence-electron chi connectivity index (χ1n) is 2.32. The van der Waals surface area contributed by atoms with Crippen molar-refractivity contribution in [1.29, 1.82) is 0 Å². The maximum absolute atomic E-state index is 10.7. The normalized spacial score (nSPS) is 9.75. The molecule has 0 aromatic rings. The van der Waals surface area contributed by atoms with E-state index in [9.17, 15) is 4.79 Å². The summed E-state index contributed by atoms with van der Waals surface area (Å²) in [4.78, 5) is 12.8. The number of carbonyl (C=O) groups is 1. The quantitative estimate of drug-likeness (QED) is 0.432. The van der Waals surface area contributed by atoms with E-state index in [1.807, 2.05) is 0 Å². The first-order chi connectivity index (χ1) is 3.81. The molecule has 0 aliphatic rings. The number of Topliss-reactive ketones (excluding diaryl/α,β-unsaturated/α-hetero) is 1.